The summed E-state index contributed by atoms with van der Waals surface area (Å²) >= 11 is 0. The molecule has 2 amide bonds. The highest BCUT2D eigenvalue weighted by atomic mass is 16.5. The molecule has 1 heterocycles. The Balaban J connectivity index is 1.68. The number of hydrogen-bond acceptors (Lipinski definition) is 6. The van der Waals surface area contributed by atoms with Crippen molar-refractivity contribution >= 4 is 29.1 Å². The molecule has 0 aromatic heterocycles. The first-order valence-electron chi connectivity index (χ1n) is 14.2. The van der Waals surface area contributed by atoms with Gasteiger partial charge in [0.1, 0.15) is 6.61 Å². The van der Waals surface area contributed by atoms with Gasteiger partial charge in [-0.1, -0.05) is 51.5 Å². The molecule has 1 fully saturated rings. The number of nitrogens with zero attached hydrogens (tertiary/aromatic N) is 2. The van der Waals surface area contributed by atoms with Crippen LogP contribution in [-0.4, -0.2) is 69.4 Å². The lowest BCUT2D eigenvalue weighted by Crippen LogP contribution is -2.38. The summed E-state index contributed by atoms with van der Waals surface area (Å²) in [4.78, 5) is 30.0. The van der Waals surface area contributed by atoms with E-state index in [0.717, 1.165) is 74.1 Å². The van der Waals surface area contributed by atoms with E-state index in [1.807, 2.05) is 43.3 Å². The molecule has 0 spiro atoms. The van der Waals surface area contributed by atoms with Crippen LogP contribution in [0.1, 0.15) is 45.2 Å². The summed E-state index contributed by atoms with van der Waals surface area (Å²) in [6.07, 6.45) is 0.832. The molecule has 2 aromatic rings. The van der Waals surface area contributed by atoms with Crippen molar-refractivity contribution < 1.29 is 19.1 Å². The monoisotopic (exact) mass is 538 g/mol. The molecule has 0 saturated carbocycles. The molecular formula is C31H46N4O4. The molecule has 1 aliphatic rings. The number of amides is 2. The van der Waals surface area contributed by atoms with E-state index in [-0.39, 0.29) is 12.0 Å². The van der Waals surface area contributed by atoms with E-state index in [1.54, 1.807) is 0 Å². The maximum absolute atomic E-state index is 13.0. The van der Waals surface area contributed by atoms with Crippen molar-refractivity contribution in [2.45, 2.75) is 47.5 Å². The van der Waals surface area contributed by atoms with Crippen LogP contribution >= 0.6 is 0 Å². The van der Waals surface area contributed by atoms with Gasteiger partial charge in [-0.2, -0.15) is 0 Å². The van der Waals surface area contributed by atoms with E-state index in [4.69, 9.17) is 9.47 Å². The number of anilines is 3. The number of morpholine rings is 1. The minimum Gasteiger partial charge on any atom is -0.464 e. The van der Waals surface area contributed by atoms with E-state index in [0.29, 0.717) is 31.3 Å². The van der Waals surface area contributed by atoms with Crippen LogP contribution < -0.4 is 15.5 Å². The lowest BCUT2D eigenvalue weighted by atomic mass is 10.1. The number of ether oxygens (including phenoxy) is 2. The summed E-state index contributed by atoms with van der Waals surface area (Å²) in [6.45, 7) is 16.9. The molecule has 1 saturated heterocycles. The average Bonchev–Trinajstić information content (AvgIpc) is 2.88. The third-order valence-electron chi connectivity index (χ3n) is 6.52. The summed E-state index contributed by atoms with van der Waals surface area (Å²) in [7, 11) is 0. The molecule has 0 radical (unpaired) electrons. The number of carbonyl (C=O) groups is 2. The van der Waals surface area contributed by atoms with Gasteiger partial charge in [0.05, 0.1) is 24.6 Å². The van der Waals surface area contributed by atoms with Gasteiger partial charge < -0.3 is 25.0 Å². The Kier molecular flexibility index (Phi) is 12.1. The zero-order chi connectivity index (χ0) is 28.2. The number of carbonyl (C=O) groups excluding carboxylic acids is 2. The van der Waals surface area contributed by atoms with Crippen LogP contribution in [0.4, 0.5) is 21.9 Å². The van der Waals surface area contributed by atoms with Gasteiger partial charge in [-0.25, -0.2) is 4.79 Å². The molecule has 8 heteroatoms. The first kappa shape index (κ1) is 30.4. The van der Waals surface area contributed by atoms with E-state index in [2.05, 4.69) is 54.2 Å². The number of rotatable bonds is 13. The Labute approximate surface area is 234 Å². The van der Waals surface area contributed by atoms with Gasteiger partial charge in [-0.15, -0.1) is 0 Å². The number of benzene rings is 2. The normalized spacial score (nSPS) is 13.9. The highest BCUT2D eigenvalue weighted by Gasteiger charge is 2.18. The summed E-state index contributed by atoms with van der Waals surface area (Å²) in [6, 6.07) is 13.5. The predicted molar refractivity (Wildman–Crippen MR) is 159 cm³/mol. The van der Waals surface area contributed by atoms with Gasteiger partial charge in [0.2, 0.25) is 0 Å². The summed E-state index contributed by atoms with van der Waals surface area (Å²) in [5.41, 5.74) is 4.56. The Bertz CT molecular complexity index is 1040. The fourth-order valence-electron chi connectivity index (χ4n) is 4.62. The smallest absolute Gasteiger partial charge is 0.323 e. The summed E-state index contributed by atoms with van der Waals surface area (Å²) in [5.74, 6) is 0.718. The largest absolute Gasteiger partial charge is 0.464 e. The van der Waals surface area contributed by atoms with Gasteiger partial charge in [0, 0.05) is 44.8 Å². The van der Waals surface area contributed by atoms with Crippen molar-refractivity contribution in [1.29, 1.82) is 0 Å². The van der Waals surface area contributed by atoms with Crippen molar-refractivity contribution in [2.24, 2.45) is 11.8 Å². The molecule has 0 aliphatic carbocycles. The van der Waals surface area contributed by atoms with Crippen molar-refractivity contribution in [3.8, 4) is 0 Å². The van der Waals surface area contributed by atoms with Crippen molar-refractivity contribution in [1.82, 2.24) is 4.90 Å². The van der Waals surface area contributed by atoms with Crippen LogP contribution in [0.5, 0.6) is 0 Å². The molecule has 8 nitrogen and oxygen atoms in total. The highest BCUT2D eigenvalue weighted by molar-refractivity contribution is 6.02. The van der Waals surface area contributed by atoms with Crippen LogP contribution in [0.25, 0.3) is 0 Å². The standard InChI is InChI=1S/C31H46N4O4/c1-23(2)21-35(22-24(3)4)29-12-8-26(9-13-30(36)39-19-16-34-14-17-38-18-15-34)20-28(29)33-31(37)32-27-10-6-25(5)7-11-27/h6-8,10-12,20,23-24H,9,13-19,21-22H2,1-5H3,(H2,32,33,37). The molecule has 2 aromatic carbocycles. The zero-order valence-corrected chi connectivity index (χ0v) is 24.3. The Morgan fingerprint density at radius 1 is 0.974 bits per heavy atom. The number of urea groups is 1. The molecule has 2 N–H and O–H groups in total. The molecule has 0 unspecified atom stereocenters. The molecular weight excluding hydrogens is 492 g/mol. The second-order valence-corrected chi connectivity index (χ2v) is 11.2. The van der Waals surface area contributed by atoms with E-state index >= 15 is 0 Å². The topological polar surface area (TPSA) is 83.1 Å². The van der Waals surface area contributed by atoms with Crippen LogP contribution in [0.2, 0.25) is 0 Å². The third kappa shape index (κ3) is 10.9. The van der Waals surface area contributed by atoms with E-state index in [9.17, 15) is 9.59 Å². The minimum absolute atomic E-state index is 0.208. The van der Waals surface area contributed by atoms with Gasteiger partial charge in [-0.3, -0.25) is 9.69 Å². The van der Waals surface area contributed by atoms with Gasteiger partial charge in [0.25, 0.3) is 0 Å². The predicted octanol–water partition coefficient (Wildman–Crippen LogP) is 5.57. The summed E-state index contributed by atoms with van der Waals surface area (Å²) < 4.78 is 10.8. The van der Waals surface area contributed by atoms with Gasteiger partial charge in [-0.05, 0) is 55.0 Å². The maximum atomic E-state index is 13.0. The van der Waals surface area contributed by atoms with Crippen LogP contribution in [0.15, 0.2) is 42.5 Å². The Morgan fingerprint density at radius 2 is 1.64 bits per heavy atom. The lowest BCUT2D eigenvalue weighted by molar-refractivity contribution is -0.144. The molecule has 3 rings (SSSR count). The fourth-order valence-corrected chi connectivity index (χ4v) is 4.62. The van der Waals surface area contributed by atoms with Gasteiger partial charge >= 0.3 is 12.0 Å². The van der Waals surface area contributed by atoms with E-state index in [1.165, 1.54) is 0 Å². The number of hydrogen-bond donors (Lipinski definition) is 2. The molecule has 0 atom stereocenters. The SMILES string of the molecule is Cc1ccc(NC(=O)Nc2cc(CCC(=O)OCCN3CCOCC3)ccc2N(CC(C)C)CC(C)C)cc1. The van der Waals surface area contributed by atoms with Crippen LogP contribution in [0.3, 0.4) is 0 Å². The third-order valence-corrected chi connectivity index (χ3v) is 6.52. The maximum Gasteiger partial charge on any atom is 0.323 e. The molecule has 214 valence electrons. The molecule has 39 heavy (non-hydrogen) atoms. The number of nitrogens with one attached hydrogen (secondary N) is 2. The fraction of sp³-hybridized carbons (Fsp3) is 0.548. The van der Waals surface area contributed by atoms with Gasteiger partial charge in [0.15, 0.2) is 0 Å². The molecule has 1 aliphatic heterocycles. The summed E-state index contributed by atoms with van der Waals surface area (Å²) in [5, 5.41) is 6.01. The Hall–Kier alpha value is -3.10. The highest BCUT2D eigenvalue weighted by Crippen LogP contribution is 2.30. The van der Waals surface area contributed by atoms with Crippen LogP contribution in [-0.2, 0) is 20.7 Å². The van der Waals surface area contributed by atoms with Crippen molar-refractivity contribution in [2.75, 3.05) is 68.1 Å². The lowest BCUT2D eigenvalue weighted by Gasteiger charge is -2.30. The van der Waals surface area contributed by atoms with Crippen molar-refractivity contribution in [3.63, 3.8) is 0 Å². The first-order valence-corrected chi connectivity index (χ1v) is 14.2. The second kappa shape index (κ2) is 15.5. The second-order valence-electron chi connectivity index (χ2n) is 11.2. The molecule has 0 bridgehead atoms. The quantitative estimate of drug-likeness (QED) is 0.325. The number of aryl methyl sites for hydroxylation is 2. The minimum atomic E-state index is -0.297. The first-order chi connectivity index (χ1) is 18.7. The van der Waals surface area contributed by atoms with E-state index < -0.39 is 0 Å². The van der Waals surface area contributed by atoms with Crippen molar-refractivity contribution in [3.05, 3.63) is 53.6 Å². The number of esters is 1. The zero-order valence-electron chi connectivity index (χ0n) is 24.3. The Morgan fingerprint density at radius 3 is 2.28 bits per heavy atom. The average molecular weight is 539 g/mol. The van der Waals surface area contributed by atoms with Crippen LogP contribution in [0, 0.1) is 18.8 Å².